The summed E-state index contributed by atoms with van der Waals surface area (Å²) in [7, 11) is 1.36. The minimum absolute atomic E-state index is 0.143. The van der Waals surface area contributed by atoms with E-state index in [4.69, 9.17) is 5.73 Å². The molecule has 1 aromatic carbocycles. The van der Waals surface area contributed by atoms with E-state index in [-0.39, 0.29) is 30.6 Å². The number of nitrogens with two attached hydrogens (primary N) is 1. The van der Waals surface area contributed by atoms with Gasteiger partial charge in [-0.15, -0.1) is 0 Å². The highest BCUT2D eigenvalue weighted by molar-refractivity contribution is 7.98. The number of amides is 4. The minimum atomic E-state index is -0.920. The largest absolute Gasteiger partial charge is 0.508 e. The van der Waals surface area contributed by atoms with Crippen LogP contribution in [0.15, 0.2) is 12.1 Å². The van der Waals surface area contributed by atoms with Crippen LogP contribution in [0.1, 0.15) is 87.3 Å². The molecule has 1 aliphatic carbocycles. The summed E-state index contributed by atoms with van der Waals surface area (Å²) in [6, 6.07) is 0.695. The zero-order valence-electron chi connectivity index (χ0n) is 28.5. The van der Waals surface area contributed by atoms with Gasteiger partial charge in [0.15, 0.2) is 0 Å². The summed E-state index contributed by atoms with van der Waals surface area (Å²) >= 11 is 1.53. The number of benzene rings is 1. The van der Waals surface area contributed by atoms with Crippen molar-refractivity contribution >= 4 is 41.4 Å². The zero-order valence-corrected chi connectivity index (χ0v) is 29.3. The fourth-order valence-corrected chi connectivity index (χ4v) is 6.39. The minimum Gasteiger partial charge on any atom is -0.508 e. The molecule has 0 unspecified atom stereocenters. The molecule has 47 heavy (non-hydrogen) atoms. The fraction of sp³-hybridized carbons (Fsp3) is 0.676. The molecule has 0 bridgehead atoms. The van der Waals surface area contributed by atoms with Gasteiger partial charge in [-0.1, -0.05) is 38.5 Å². The van der Waals surface area contributed by atoms with Gasteiger partial charge in [0.2, 0.25) is 23.6 Å². The summed E-state index contributed by atoms with van der Waals surface area (Å²) < 4.78 is 4.65. The van der Waals surface area contributed by atoms with Gasteiger partial charge in [0, 0.05) is 13.0 Å². The van der Waals surface area contributed by atoms with E-state index in [1.807, 2.05) is 20.1 Å². The third kappa shape index (κ3) is 15.0. The summed E-state index contributed by atoms with van der Waals surface area (Å²) in [6.07, 6.45) is 10.9. The van der Waals surface area contributed by atoms with Crippen LogP contribution in [0.5, 0.6) is 5.75 Å². The average molecular weight is 678 g/mol. The van der Waals surface area contributed by atoms with Crippen molar-refractivity contribution in [1.82, 2.24) is 21.3 Å². The van der Waals surface area contributed by atoms with E-state index in [1.54, 1.807) is 12.1 Å². The van der Waals surface area contributed by atoms with E-state index >= 15 is 0 Å². The third-order valence-electron chi connectivity index (χ3n) is 8.64. The average Bonchev–Trinajstić information content (AvgIpc) is 3.04. The molecular formula is C34H55N5O7S. The summed E-state index contributed by atoms with van der Waals surface area (Å²) in [4.78, 5) is 63.6. The number of phenolic OH excluding ortho intramolecular Hbond substituents is 1. The lowest BCUT2D eigenvalue weighted by molar-refractivity contribution is -0.140. The number of phenols is 1. The van der Waals surface area contributed by atoms with Crippen molar-refractivity contribution in [2.75, 3.05) is 32.2 Å². The fourth-order valence-electron chi connectivity index (χ4n) is 5.92. The molecule has 0 radical (unpaired) electrons. The van der Waals surface area contributed by atoms with Crippen LogP contribution in [0.2, 0.25) is 0 Å². The molecule has 7 N–H and O–H groups in total. The monoisotopic (exact) mass is 677 g/mol. The maximum absolute atomic E-state index is 13.1. The van der Waals surface area contributed by atoms with Gasteiger partial charge in [-0.25, -0.2) is 0 Å². The van der Waals surface area contributed by atoms with Crippen LogP contribution in [0.25, 0.3) is 0 Å². The van der Waals surface area contributed by atoms with E-state index in [9.17, 15) is 29.1 Å². The maximum atomic E-state index is 13.1. The predicted molar refractivity (Wildman–Crippen MR) is 184 cm³/mol. The number of esters is 1. The summed E-state index contributed by atoms with van der Waals surface area (Å²) in [5, 5.41) is 20.9. The van der Waals surface area contributed by atoms with Crippen LogP contribution < -0.4 is 27.0 Å². The van der Waals surface area contributed by atoms with Gasteiger partial charge in [0.25, 0.3) is 0 Å². The summed E-state index contributed by atoms with van der Waals surface area (Å²) in [5.74, 6) is -0.928. The predicted octanol–water partition coefficient (Wildman–Crippen LogP) is 2.54. The Bertz CT molecular complexity index is 1170. The Morgan fingerprint density at radius 2 is 1.60 bits per heavy atom. The van der Waals surface area contributed by atoms with Crippen molar-refractivity contribution in [3.05, 3.63) is 28.8 Å². The van der Waals surface area contributed by atoms with Crippen LogP contribution in [-0.4, -0.2) is 85.0 Å². The maximum Gasteiger partial charge on any atom is 0.305 e. The van der Waals surface area contributed by atoms with Crippen LogP contribution in [0.4, 0.5) is 0 Å². The number of hydrogen-bond donors (Lipinski definition) is 6. The summed E-state index contributed by atoms with van der Waals surface area (Å²) in [5.41, 5.74) is 8.73. The van der Waals surface area contributed by atoms with Crippen molar-refractivity contribution in [1.29, 1.82) is 0 Å². The SMILES string of the molecule is COC(=O)CCCCCNC(=O)[C@H](CC1CCCCC1)NC(=O)CNC(=O)[C@@H](CCSC)NC(=O)[C@H](N)Cc1c(C)cc(O)cc1C. The molecule has 2 rings (SSSR count). The van der Waals surface area contributed by atoms with Crippen molar-refractivity contribution < 1.29 is 33.8 Å². The molecule has 1 saturated carbocycles. The number of aryl methyl sites for hydroxylation is 2. The number of carbonyl (C=O) groups excluding carboxylic acids is 5. The molecule has 0 spiro atoms. The molecule has 12 nitrogen and oxygen atoms in total. The summed E-state index contributed by atoms with van der Waals surface area (Å²) in [6.45, 7) is 3.76. The smallest absolute Gasteiger partial charge is 0.305 e. The van der Waals surface area contributed by atoms with Gasteiger partial charge in [0.05, 0.1) is 19.7 Å². The highest BCUT2D eigenvalue weighted by atomic mass is 32.2. The van der Waals surface area contributed by atoms with Gasteiger partial charge >= 0.3 is 5.97 Å². The Kier molecular flexibility index (Phi) is 18.3. The van der Waals surface area contributed by atoms with Gasteiger partial charge in [-0.2, -0.15) is 11.8 Å². The Morgan fingerprint density at radius 3 is 2.23 bits per heavy atom. The number of carbonyl (C=O) groups is 5. The number of methoxy groups -OCH3 is 1. The third-order valence-corrected chi connectivity index (χ3v) is 9.28. The number of aromatic hydroxyl groups is 1. The molecule has 0 aliphatic heterocycles. The first-order valence-corrected chi connectivity index (χ1v) is 18.1. The second-order valence-electron chi connectivity index (χ2n) is 12.5. The molecule has 13 heteroatoms. The number of unbranched alkanes of at least 4 members (excludes halogenated alkanes) is 2. The topological polar surface area (TPSA) is 189 Å². The van der Waals surface area contributed by atoms with Crippen LogP contribution in [-0.2, 0) is 35.1 Å². The molecule has 3 atom stereocenters. The van der Waals surface area contributed by atoms with E-state index in [1.165, 1.54) is 25.3 Å². The number of nitrogens with one attached hydrogen (secondary N) is 4. The lowest BCUT2D eigenvalue weighted by Crippen LogP contribution is -2.54. The molecule has 1 aromatic rings. The Hall–Kier alpha value is -3.32. The Balaban J connectivity index is 1.94. The van der Waals surface area contributed by atoms with E-state index in [2.05, 4.69) is 26.0 Å². The first-order valence-electron chi connectivity index (χ1n) is 16.7. The number of hydrogen-bond acceptors (Lipinski definition) is 9. The van der Waals surface area contributed by atoms with Crippen molar-refractivity contribution in [3.63, 3.8) is 0 Å². The van der Waals surface area contributed by atoms with Crippen LogP contribution in [0, 0.1) is 19.8 Å². The van der Waals surface area contributed by atoms with E-state index in [0.29, 0.717) is 50.3 Å². The molecule has 0 heterocycles. The Labute approximate surface area is 283 Å². The van der Waals surface area contributed by atoms with Crippen molar-refractivity contribution in [3.8, 4) is 5.75 Å². The van der Waals surface area contributed by atoms with Crippen LogP contribution in [0.3, 0.4) is 0 Å². The van der Waals surface area contributed by atoms with Gasteiger partial charge in [-0.05, 0) is 92.7 Å². The lowest BCUT2D eigenvalue weighted by atomic mass is 9.84. The molecular weight excluding hydrogens is 622 g/mol. The van der Waals surface area contributed by atoms with Crippen LogP contribution >= 0.6 is 11.8 Å². The number of rotatable bonds is 20. The number of thioether (sulfide) groups is 1. The van der Waals surface area contributed by atoms with Gasteiger partial charge in [-0.3, -0.25) is 24.0 Å². The highest BCUT2D eigenvalue weighted by Gasteiger charge is 2.28. The van der Waals surface area contributed by atoms with E-state index < -0.39 is 35.8 Å². The normalized spacial score (nSPS) is 15.2. The standard InChI is InChI=1S/C34H55N5O7S/c1-22-17-25(40)18-23(2)26(22)20-27(35)32(43)39-28(14-16-47-4)33(44)37-21-30(41)38-29(19-24-11-7-5-8-12-24)34(45)36-15-10-6-9-13-31(42)46-3/h17-18,24,27-29,40H,5-16,19-21,35H2,1-4H3,(H,36,45)(H,37,44)(H,38,41)(H,39,43)/t27-,28-,29+/m1/s1. The van der Waals surface area contributed by atoms with Gasteiger partial charge < -0.3 is 36.8 Å². The van der Waals surface area contributed by atoms with Crippen molar-refractivity contribution in [2.45, 2.75) is 109 Å². The lowest BCUT2D eigenvalue weighted by Gasteiger charge is -2.27. The molecule has 4 amide bonds. The molecule has 1 fully saturated rings. The second-order valence-corrected chi connectivity index (χ2v) is 13.5. The van der Waals surface area contributed by atoms with E-state index in [0.717, 1.165) is 48.8 Å². The molecule has 0 saturated heterocycles. The molecule has 264 valence electrons. The van der Waals surface area contributed by atoms with Gasteiger partial charge in [0.1, 0.15) is 17.8 Å². The molecule has 0 aromatic heterocycles. The van der Waals surface area contributed by atoms with Crippen molar-refractivity contribution in [2.24, 2.45) is 11.7 Å². The quantitative estimate of drug-likeness (QED) is 0.0890. The second kappa shape index (κ2) is 21.5. The highest BCUT2D eigenvalue weighted by Crippen LogP contribution is 2.27. The number of ether oxygens (including phenoxy) is 1. The zero-order chi connectivity index (χ0) is 34.8. The Morgan fingerprint density at radius 1 is 0.936 bits per heavy atom. The first kappa shape index (κ1) is 39.9. The molecule has 1 aliphatic rings. The first-order chi connectivity index (χ1) is 22.4.